The number of para-hydroxylation sites is 2. The van der Waals surface area contributed by atoms with Crippen molar-refractivity contribution in [3.05, 3.63) is 24.3 Å². The quantitative estimate of drug-likeness (QED) is 0.496. The van der Waals surface area contributed by atoms with Gasteiger partial charge in [0.05, 0.1) is 0 Å². The number of benzene rings is 1. The summed E-state index contributed by atoms with van der Waals surface area (Å²) in [5, 5.41) is 6.13. The molecule has 0 saturated heterocycles. The number of hydrogen-bond donors (Lipinski definition) is 2. The molecule has 43 valence electrons. The Bertz CT molecular complexity index is 201. The normalized spacial score (nSPS) is 12.9. The molecule has 1 aromatic carbocycles. The average molecular weight is 117 g/mol. The molecule has 9 heavy (non-hydrogen) atoms. The second kappa shape index (κ2) is 1.69. The fourth-order valence-corrected chi connectivity index (χ4v) is 0.926. The maximum Gasteiger partial charge on any atom is 0.385 e. The van der Waals surface area contributed by atoms with E-state index in [2.05, 4.69) is 10.5 Å². The van der Waals surface area contributed by atoms with Gasteiger partial charge in [0.2, 0.25) is 0 Å². The zero-order chi connectivity index (χ0) is 6.10. The molecule has 1 aliphatic heterocycles. The molecule has 0 fully saturated rings. The zero-order valence-corrected chi connectivity index (χ0v) is 4.89. The summed E-state index contributed by atoms with van der Waals surface area (Å²) < 4.78 is 0. The minimum Gasteiger partial charge on any atom is -0.411 e. The third-order valence-electron chi connectivity index (χ3n) is 1.38. The number of hydrogen-bond acceptors (Lipinski definition) is 2. The molecule has 0 aromatic heterocycles. The predicted octanol–water partition coefficient (Wildman–Crippen LogP) is 1.06. The van der Waals surface area contributed by atoms with Gasteiger partial charge in [-0.25, -0.2) is 0 Å². The van der Waals surface area contributed by atoms with Gasteiger partial charge in [-0.05, 0) is 12.1 Å². The summed E-state index contributed by atoms with van der Waals surface area (Å²) in [6, 6.07) is 8.08. The Morgan fingerprint density at radius 2 is 1.56 bits per heavy atom. The molecule has 2 rings (SSSR count). The lowest BCUT2D eigenvalue weighted by Crippen LogP contribution is -2.05. The molecule has 1 aliphatic rings. The summed E-state index contributed by atoms with van der Waals surface area (Å²) in [4.78, 5) is 0. The first-order chi connectivity index (χ1) is 4.47. The van der Waals surface area contributed by atoms with Crippen LogP contribution in [-0.2, 0) is 0 Å². The lowest BCUT2D eigenvalue weighted by Gasteiger charge is -1.94. The van der Waals surface area contributed by atoms with Crippen molar-refractivity contribution >= 4 is 18.9 Å². The third-order valence-corrected chi connectivity index (χ3v) is 1.38. The number of fused-ring (bicyclic) bond motifs is 1. The minimum absolute atomic E-state index is 1.15. The maximum atomic E-state index is 3.06. The van der Waals surface area contributed by atoms with Crippen molar-refractivity contribution in [2.75, 3.05) is 10.5 Å². The highest BCUT2D eigenvalue weighted by atomic mass is 15.0. The van der Waals surface area contributed by atoms with Crippen LogP contribution in [0.25, 0.3) is 0 Å². The Morgan fingerprint density at radius 3 is 2.11 bits per heavy atom. The molecule has 1 aromatic rings. The van der Waals surface area contributed by atoms with E-state index >= 15 is 0 Å². The molecule has 0 bridgehead atoms. The first-order valence-corrected chi connectivity index (χ1v) is 2.90. The monoisotopic (exact) mass is 117 g/mol. The van der Waals surface area contributed by atoms with Gasteiger partial charge in [0, 0.05) is 11.4 Å². The molecule has 0 atom stereocenters. The van der Waals surface area contributed by atoms with Crippen LogP contribution < -0.4 is 10.5 Å². The summed E-state index contributed by atoms with van der Waals surface area (Å²) in [6.07, 6.45) is 0. The summed E-state index contributed by atoms with van der Waals surface area (Å²) >= 11 is 0. The molecule has 0 aliphatic carbocycles. The van der Waals surface area contributed by atoms with Crippen molar-refractivity contribution in [1.82, 2.24) is 0 Å². The second-order valence-corrected chi connectivity index (χ2v) is 1.98. The van der Waals surface area contributed by atoms with Gasteiger partial charge in [0.25, 0.3) is 0 Å². The van der Waals surface area contributed by atoms with Crippen molar-refractivity contribution in [2.24, 2.45) is 0 Å². The molecular formula is C6H6BN2. The van der Waals surface area contributed by atoms with Gasteiger partial charge < -0.3 is 10.5 Å². The molecule has 2 N–H and O–H groups in total. The molecular weight excluding hydrogens is 111 g/mol. The van der Waals surface area contributed by atoms with E-state index in [-0.39, 0.29) is 0 Å². The van der Waals surface area contributed by atoms with Crippen molar-refractivity contribution in [2.45, 2.75) is 0 Å². The van der Waals surface area contributed by atoms with Gasteiger partial charge in [-0.2, -0.15) is 0 Å². The molecule has 2 nitrogen and oxygen atoms in total. The van der Waals surface area contributed by atoms with Gasteiger partial charge in [0.1, 0.15) is 0 Å². The summed E-state index contributed by atoms with van der Waals surface area (Å²) in [5.41, 5.74) is 2.30. The predicted molar refractivity (Wildman–Crippen MR) is 39.4 cm³/mol. The molecule has 1 heterocycles. The largest absolute Gasteiger partial charge is 0.411 e. The van der Waals surface area contributed by atoms with Crippen LogP contribution in [0.2, 0.25) is 0 Å². The van der Waals surface area contributed by atoms with Gasteiger partial charge in [-0.1, -0.05) is 12.1 Å². The van der Waals surface area contributed by atoms with E-state index in [1.54, 1.807) is 0 Å². The fraction of sp³-hybridized carbons (Fsp3) is 0. The van der Waals surface area contributed by atoms with E-state index in [0.717, 1.165) is 11.4 Å². The second-order valence-electron chi connectivity index (χ2n) is 1.98. The van der Waals surface area contributed by atoms with Crippen LogP contribution in [0.5, 0.6) is 0 Å². The van der Waals surface area contributed by atoms with Crippen LogP contribution in [-0.4, -0.2) is 7.55 Å². The average Bonchev–Trinajstić information content (AvgIpc) is 2.33. The molecule has 1 radical (unpaired) electrons. The molecule has 0 unspecified atom stereocenters. The SMILES string of the molecule is [B]1Nc2ccccc2N1. The molecule has 0 saturated carbocycles. The minimum atomic E-state index is 1.15. The summed E-state index contributed by atoms with van der Waals surface area (Å²) in [6.45, 7) is 0. The number of nitrogens with one attached hydrogen (secondary N) is 2. The van der Waals surface area contributed by atoms with E-state index < -0.39 is 0 Å². The van der Waals surface area contributed by atoms with Gasteiger partial charge in [0.15, 0.2) is 0 Å². The highest BCUT2D eigenvalue weighted by Crippen LogP contribution is 2.23. The topological polar surface area (TPSA) is 24.1 Å². The molecule has 0 amide bonds. The van der Waals surface area contributed by atoms with Crippen LogP contribution in [0.4, 0.5) is 11.4 Å². The highest BCUT2D eigenvalue weighted by molar-refractivity contribution is 6.48. The highest BCUT2D eigenvalue weighted by Gasteiger charge is 2.07. The van der Waals surface area contributed by atoms with Gasteiger partial charge in [-0.15, -0.1) is 0 Å². The molecule has 3 heteroatoms. The van der Waals surface area contributed by atoms with Crippen LogP contribution in [0.15, 0.2) is 24.3 Å². The van der Waals surface area contributed by atoms with E-state index in [9.17, 15) is 0 Å². The van der Waals surface area contributed by atoms with E-state index in [1.165, 1.54) is 0 Å². The van der Waals surface area contributed by atoms with Crippen LogP contribution >= 0.6 is 0 Å². The fourth-order valence-electron chi connectivity index (χ4n) is 0.926. The number of anilines is 2. The van der Waals surface area contributed by atoms with Crippen molar-refractivity contribution in [1.29, 1.82) is 0 Å². The number of rotatable bonds is 0. The summed E-state index contributed by atoms with van der Waals surface area (Å²) in [7, 11) is 1.82. The van der Waals surface area contributed by atoms with Gasteiger partial charge in [-0.3, -0.25) is 0 Å². The standard InChI is InChI=1S/C6H6BN2/c1-2-4-6-5(3-1)8-7-9-6/h1-4,8-9H. The van der Waals surface area contributed by atoms with Crippen molar-refractivity contribution in [3.8, 4) is 0 Å². The van der Waals surface area contributed by atoms with Crippen molar-refractivity contribution in [3.63, 3.8) is 0 Å². The Kier molecular flexibility index (Phi) is 0.888. The third kappa shape index (κ3) is 0.651. The smallest absolute Gasteiger partial charge is 0.385 e. The maximum absolute atomic E-state index is 3.06. The lowest BCUT2D eigenvalue weighted by molar-refractivity contribution is 1.70. The van der Waals surface area contributed by atoms with Crippen LogP contribution in [0.1, 0.15) is 0 Å². The van der Waals surface area contributed by atoms with E-state index in [4.69, 9.17) is 0 Å². The Labute approximate surface area is 54.6 Å². The van der Waals surface area contributed by atoms with E-state index in [0.29, 0.717) is 0 Å². The molecule has 0 spiro atoms. The Morgan fingerprint density at radius 1 is 1.00 bits per heavy atom. The summed E-state index contributed by atoms with van der Waals surface area (Å²) in [5.74, 6) is 0. The lowest BCUT2D eigenvalue weighted by atomic mass is 10.2. The first kappa shape index (κ1) is 4.73. The van der Waals surface area contributed by atoms with Crippen LogP contribution in [0.3, 0.4) is 0 Å². The van der Waals surface area contributed by atoms with Crippen LogP contribution in [0, 0.1) is 0 Å². The first-order valence-electron chi connectivity index (χ1n) is 2.90. The van der Waals surface area contributed by atoms with E-state index in [1.807, 2.05) is 31.8 Å². The Hall–Kier alpha value is -1.12. The van der Waals surface area contributed by atoms with Gasteiger partial charge >= 0.3 is 7.55 Å². The zero-order valence-electron chi connectivity index (χ0n) is 4.89. The Balaban J connectivity index is 2.54. The van der Waals surface area contributed by atoms with Crippen molar-refractivity contribution < 1.29 is 0 Å².